The molecule has 0 saturated carbocycles. The van der Waals surface area contributed by atoms with Gasteiger partial charge in [-0.2, -0.15) is 5.10 Å². The highest BCUT2D eigenvalue weighted by Crippen LogP contribution is 2.24. The Kier molecular flexibility index (Phi) is 6.27. The van der Waals surface area contributed by atoms with Crippen LogP contribution in [-0.4, -0.2) is 49.1 Å². The van der Waals surface area contributed by atoms with Gasteiger partial charge in [-0.05, 0) is 65.2 Å². The van der Waals surface area contributed by atoms with Gasteiger partial charge in [0.1, 0.15) is 5.69 Å². The summed E-state index contributed by atoms with van der Waals surface area (Å²) in [5.41, 5.74) is 2.20. The van der Waals surface area contributed by atoms with Crippen molar-refractivity contribution in [1.82, 2.24) is 15.1 Å². The number of rotatable bonds is 6. The molecular weight excluding hydrogens is 382 g/mol. The Morgan fingerprint density at radius 2 is 2.07 bits per heavy atom. The van der Waals surface area contributed by atoms with E-state index in [1.807, 2.05) is 36.1 Å². The smallest absolute Gasteiger partial charge is 0.274 e. The van der Waals surface area contributed by atoms with Crippen molar-refractivity contribution in [3.8, 4) is 0 Å². The Morgan fingerprint density at radius 3 is 2.70 bits per heavy atom. The average molecular weight is 408 g/mol. The van der Waals surface area contributed by atoms with Gasteiger partial charge in [-0.1, -0.05) is 29.8 Å². The van der Waals surface area contributed by atoms with Gasteiger partial charge in [0.25, 0.3) is 5.91 Å². The zero-order valence-electron chi connectivity index (χ0n) is 15.6. The lowest BCUT2D eigenvalue weighted by molar-refractivity contribution is 0.0726. The highest BCUT2D eigenvalue weighted by molar-refractivity contribution is 8.00. The maximum absolute atomic E-state index is 13.0. The van der Waals surface area contributed by atoms with Crippen molar-refractivity contribution >= 4 is 32.9 Å². The van der Waals surface area contributed by atoms with Crippen molar-refractivity contribution in [2.45, 2.75) is 32.7 Å². The number of hydrogen-bond donors (Lipinski definition) is 1. The molecule has 1 aromatic carbocycles. The van der Waals surface area contributed by atoms with Crippen molar-refractivity contribution in [1.29, 1.82) is 0 Å². The summed E-state index contributed by atoms with van der Waals surface area (Å²) in [7, 11) is -1.88. The average Bonchev–Trinajstić information content (AvgIpc) is 3.07. The summed E-state index contributed by atoms with van der Waals surface area (Å²) in [6.45, 7) is 2.95. The number of benzene rings is 1. The number of nitrogens with one attached hydrogen (secondary N) is 1. The predicted octanol–water partition coefficient (Wildman–Crippen LogP) is 3.53. The first-order valence-electron chi connectivity index (χ1n) is 9.21. The largest absolute Gasteiger partial charge is 0.333 e. The zero-order valence-corrected chi connectivity index (χ0v) is 17.2. The van der Waals surface area contributed by atoms with Crippen molar-refractivity contribution < 1.29 is 9.00 Å². The number of carbonyl (C=O) groups is 1. The van der Waals surface area contributed by atoms with E-state index >= 15 is 0 Å². The van der Waals surface area contributed by atoms with Crippen LogP contribution in [0.1, 0.15) is 41.0 Å². The first-order chi connectivity index (χ1) is 12.8. The molecule has 0 atom stereocenters. The van der Waals surface area contributed by atoms with Crippen LogP contribution in [0.25, 0.3) is 0 Å². The monoisotopic (exact) mass is 407 g/mol. The maximum Gasteiger partial charge on any atom is 0.274 e. The summed E-state index contributed by atoms with van der Waals surface area (Å²) < 4.78 is 12.1. The third-order valence-electron chi connectivity index (χ3n) is 5.13. The fourth-order valence-electron chi connectivity index (χ4n) is 3.41. The molecule has 3 rings (SSSR count). The Bertz CT molecular complexity index is 893. The van der Waals surface area contributed by atoms with Crippen molar-refractivity contribution in [3.63, 3.8) is 0 Å². The van der Waals surface area contributed by atoms with E-state index < -0.39 is 9.52 Å². The van der Waals surface area contributed by atoms with Gasteiger partial charge in [-0.3, -0.25) is 14.1 Å². The van der Waals surface area contributed by atoms with Gasteiger partial charge < -0.3 is 4.90 Å². The number of hydrogen-bond acceptors (Lipinski definition) is 3. The fraction of sp³-hybridized carbons (Fsp3) is 0.450. The van der Waals surface area contributed by atoms with Crippen molar-refractivity contribution in [2.24, 2.45) is 5.92 Å². The third kappa shape index (κ3) is 5.36. The molecule has 1 N–H and O–H groups in total. The number of halogens is 1. The Balaban J connectivity index is 1.71. The minimum absolute atomic E-state index is 0.101. The van der Waals surface area contributed by atoms with Crippen LogP contribution < -0.4 is 0 Å². The predicted molar refractivity (Wildman–Crippen MR) is 112 cm³/mol. The van der Waals surface area contributed by atoms with Gasteiger partial charge in [-0.25, -0.2) is 0 Å². The standard InChI is InChI=1S/C20H26ClN3O2S/c1-15-13-19(23-22-15)20(25)24(14-17-5-3-4-6-18(17)21)10-7-16-8-11-27(2,26)12-9-16/h3-6,13,16H,2,7-12,14H2,1H3,(H,22,23). The van der Waals surface area contributed by atoms with Crippen LogP contribution in [0.3, 0.4) is 0 Å². The summed E-state index contributed by atoms with van der Waals surface area (Å²) in [6.07, 6.45) is 2.71. The van der Waals surface area contributed by atoms with E-state index in [2.05, 4.69) is 16.1 Å². The molecule has 0 radical (unpaired) electrons. The van der Waals surface area contributed by atoms with E-state index in [4.69, 9.17) is 11.6 Å². The van der Waals surface area contributed by atoms with E-state index in [-0.39, 0.29) is 5.91 Å². The Labute approximate surface area is 166 Å². The number of aromatic nitrogens is 2. The minimum Gasteiger partial charge on any atom is -0.333 e. The molecule has 0 bridgehead atoms. The molecule has 27 heavy (non-hydrogen) atoms. The lowest BCUT2D eigenvalue weighted by atomic mass is 9.98. The summed E-state index contributed by atoms with van der Waals surface area (Å²) in [5, 5.41) is 7.61. The van der Waals surface area contributed by atoms with Crippen LogP contribution in [0, 0.1) is 12.8 Å². The van der Waals surface area contributed by atoms with Crippen molar-refractivity contribution in [3.05, 3.63) is 52.3 Å². The molecule has 146 valence electrons. The van der Waals surface area contributed by atoms with Crippen LogP contribution in [0.5, 0.6) is 0 Å². The first-order valence-corrected chi connectivity index (χ1v) is 11.7. The van der Waals surface area contributed by atoms with Gasteiger partial charge in [0.15, 0.2) is 0 Å². The molecule has 5 nitrogen and oxygen atoms in total. The number of aryl methyl sites for hydroxylation is 1. The van der Waals surface area contributed by atoms with E-state index in [9.17, 15) is 9.00 Å². The number of carbonyl (C=O) groups excluding carboxylic acids is 1. The fourth-order valence-corrected chi connectivity index (χ4v) is 5.34. The number of H-pyrrole nitrogens is 1. The highest BCUT2D eigenvalue weighted by Gasteiger charge is 2.24. The van der Waals surface area contributed by atoms with Gasteiger partial charge in [-0.15, -0.1) is 0 Å². The number of amides is 1. The summed E-state index contributed by atoms with van der Waals surface area (Å²) >= 11 is 6.30. The van der Waals surface area contributed by atoms with Gasteiger partial charge >= 0.3 is 0 Å². The van der Waals surface area contributed by atoms with Crippen LogP contribution in [0.4, 0.5) is 0 Å². The molecule has 2 aromatic rings. The molecule has 1 amide bonds. The molecule has 2 heterocycles. The summed E-state index contributed by atoms with van der Waals surface area (Å²) in [6, 6.07) is 9.35. The van der Waals surface area contributed by atoms with Crippen LogP contribution in [-0.2, 0) is 16.1 Å². The van der Waals surface area contributed by atoms with Crippen LogP contribution >= 0.6 is 11.6 Å². The van der Waals surface area contributed by atoms with E-state index in [1.165, 1.54) is 0 Å². The minimum atomic E-state index is -1.88. The maximum atomic E-state index is 13.0. The van der Waals surface area contributed by atoms with Crippen LogP contribution in [0.15, 0.2) is 30.3 Å². The molecule has 0 aliphatic carbocycles. The van der Waals surface area contributed by atoms with E-state index in [1.54, 1.807) is 6.07 Å². The summed E-state index contributed by atoms with van der Waals surface area (Å²) in [4.78, 5) is 14.8. The second-order valence-electron chi connectivity index (χ2n) is 7.36. The first kappa shape index (κ1) is 20.0. The second-order valence-corrected chi connectivity index (χ2v) is 10.5. The van der Waals surface area contributed by atoms with Gasteiger partial charge in [0.2, 0.25) is 0 Å². The van der Waals surface area contributed by atoms with Gasteiger partial charge in [0, 0.05) is 35.3 Å². The Morgan fingerprint density at radius 1 is 1.37 bits per heavy atom. The second kappa shape index (κ2) is 8.48. The molecule has 0 spiro atoms. The quantitative estimate of drug-likeness (QED) is 0.745. The van der Waals surface area contributed by atoms with E-state index in [0.29, 0.717) is 41.2 Å². The normalized spacial score (nSPS) is 22.5. The number of nitrogens with zero attached hydrogens (tertiary/aromatic N) is 2. The molecule has 1 aromatic heterocycles. The third-order valence-corrected chi connectivity index (χ3v) is 7.46. The molecular formula is C20H26ClN3O2S. The molecule has 1 saturated heterocycles. The zero-order chi connectivity index (χ0) is 19.4. The lowest BCUT2D eigenvalue weighted by Crippen LogP contribution is -2.34. The number of aromatic amines is 1. The highest BCUT2D eigenvalue weighted by atomic mass is 35.5. The van der Waals surface area contributed by atoms with Crippen molar-refractivity contribution in [2.75, 3.05) is 18.1 Å². The van der Waals surface area contributed by atoms with Crippen LogP contribution in [0.2, 0.25) is 5.02 Å². The Hall–Kier alpha value is -1.79. The van der Waals surface area contributed by atoms with E-state index in [0.717, 1.165) is 30.5 Å². The molecule has 1 aliphatic heterocycles. The SMILES string of the molecule is C=S1(=O)CCC(CCN(Cc2ccccc2Cl)C(=O)c2cc(C)[nH]n2)CC1. The molecule has 7 heteroatoms. The molecule has 1 fully saturated rings. The molecule has 1 aliphatic rings. The molecule has 0 unspecified atom stereocenters. The lowest BCUT2D eigenvalue weighted by Gasteiger charge is -2.28. The summed E-state index contributed by atoms with van der Waals surface area (Å²) in [5.74, 6) is 5.58. The topological polar surface area (TPSA) is 66.1 Å². The van der Waals surface area contributed by atoms with Gasteiger partial charge in [0.05, 0.1) is 0 Å².